The van der Waals surface area contributed by atoms with E-state index in [-0.39, 0.29) is 16.3 Å². The molecule has 6 heteroatoms. The number of benzene rings is 4. The molecule has 0 radical (unpaired) electrons. The lowest BCUT2D eigenvalue weighted by Gasteiger charge is -2.13. The third kappa shape index (κ3) is 5.32. The van der Waals surface area contributed by atoms with Crippen molar-refractivity contribution in [3.63, 3.8) is 0 Å². The summed E-state index contributed by atoms with van der Waals surface area (Å²) < 4.78 is 47.9. The van der Waals surface area contributed by atoms with Crippen molar-refractivity contribution in [3.8, 4) is 16.9 Å². The second kappa shape index (κ2) is 10.1. The summed E-state index contributed by atoms with van der Waals surface area (Å²) in [5, 5.41) is -0.165. The van der Waals surface area contributed by atoms with E-state index in [1.54, 1.807) is 12.1 Å². The van der Waals surface area contributed by atoms with Crippen LogP contribution in [0.1, 0.15) is 34.3 Å². The summed E-state index contributed by atoms with van der Waals surface area (Å²) in [5.41, 5.74) is 2.36. The molecular formula is C28H20ClF3O2. The van der Waals surface area contributed by atoms with Crippen LogP contribution in [0, 0.1) is 17.5 Å². The lowest BCUT2D eigenvalue weighted by molar-refractivity contribution is 0.0724. The van der Waals surface area contributed by atoms with Gasteiger partial charge in [0, 0.05) is 6.07 Å². The molecule has 1 unspecified atom stereocenters. The smallest absolute Gasteiger partial charge is 0.349 e. The second-order valence-electron chi connectivity index (χ2n) is 7.99. The average Bonchev–Trinajstić information content (AvgIpc) is 2.82. The van der Waals surface area contributed by atoms with Gasteiger partial charge < -0.3 is 4.74 Å². The molecule has 0 aliphatic carbocycles. The Labute approximate surface area is 200 Å². The first-order valence-electron chi connectivity index (χ1n) is 10.6. The molecule has 0 aliphatic heterocycles. The Balaban J connectivity index is 1.51. The predicted molar refractivity (Wildman–Crippen MR) is 127 cm³/mol. The van der Waals surface area contributed by atoms with E-state index in [0.29, 0.717) is 11.5 Å². The maximum atomic E-state index is 14.7. The summed E-state index contributed by atoms with van der Waals surface area (Å²) >= 11 is 5.59. The Morgan fingerprint density at radius 3 is 2.09 bits per heavy atom. The van der Waals surface area contributed by atoms with Gasteiger partial charge in [-0.25, -0.2) is 18.0 Å². The lowest BCUT2D eigenvalue weighted by atomic mass is 9.93. The topological polar surface area (TPSA) is 26.3 Å². The number of hydrogen-bond donors (Lipinski definition) is 0. The van der Waals surface area contributed by atoms with Gasteiger partial charge in [-0.1, -0.05) is 73.1 Å². The van der Waals surface area contributed by atoms with Gasteiger partial charge in [0.2, 0.25) is 0 Å². The molecule has 172 valence electrons. The summed E-state index contributed by atoms with van der Waals surface area (Å²) in [4.78, 5) is 12.3. The molecule has 1 atom stereocenters. The fourth-order valence-corrected chi connectivity index (χ4v) is 3.84. The summed E-state index contributed by atoms with van der Waals surface area (Å²) in [5.74, 6) is -4.12. The van der Waals surface area contributed by atoms with E-state index in [1.807, 2.05) is 30.3 Å². The number of halogens is 4. The van der Waals surface area contributed by atoms with Crippen molar-refractivity contribution >= 4 is 17.6 Å². The lowest BCUT2D eigenvalue weighted by Crippen LogP contribution is -2.13. The Morgan fingerprint density at radius 2 is 1.47 bits per heavy atom. The van der Waals surface area contributed by atoms with E-state index >= 15 is 0 Å². The highest BCUT2D eigenvalue weighted by atomic mass is 35.5. The molecule has 4 aromatic rings. The molecule has 2 nitrogen and oxygen atoms in total. The number of hydrogen-bond acceptors (Lipinski definition) is 2. The van der Waals surface area contributed by atoms with Crippen molar-refractivity contribution in [3.05, 3.63) is 124 Å². The molecule has 0 bridgehead atoms. The minimum Gasteiger partial charge on any atom is -0.423 e. The maximum Gasteiger partial charge on any atom is 0.349 e. The van der Waals surface area contributed by atoms with Crippen molar-refractivity contribution in [1.82, 2.24) is 0 Å². The highest BCUT2D eigenvalue weighted by Crippen LogP contribution is 2.28. The SMILES string of the molecule is CC(Cc1ccc(-c2cc(F)c(C(=O)Oc3ccc(Cl)c(F)c3)c(F)c2)cc1)c1ccccc1. The van der Waals surface area contributed by atoms with Crippen molar-refractivity contribution in [2.45, 2.75) is 19.3 Å². The average molecular weight is 481 g/mol. The van der Waals surface area contributed by atoms with Crippen LogP contribution in [0.3, 0.4) is 0 Å². The highest BCUT2D eigenvalue weighted by Gasteiger charge is 2.22. The number of carbonyl (C=O) groups excluding carboxylic acids is 1. The zero-order valence-corrected chi connectivity index (χ0v) is 19.0. The molecule has 0 heterocycles. The van der Waals surface area contributed by atoms with Gasteiger partial charge in [-0.3, -0.25) is 0 Å². The molecule has 0 spiro atoms. The minimum absolute atomic E-state index is 0.165. The van der Waals surface area contributed by atoms with E-state index in [9.17, 15) is 18.0 Å². The summed E-state index contributed by atoms with van der Waals surface area (Å²) in [7, 11) is 0. The molecule has 34 heavy (non-hydrogen) atoms. The van der Waals surface area contributed by atoms with Gasteiger partial charge in [0.1, 0.15) is 28.8 Å². The van der Waals surface area contributed by atoms with E-state index in [4.69, 9.17) is 16.3 Å². The molecule has 4 aromatic carbocycles. The van der Waals surface area contributed by atoms with Crippen LogP contribution in [0.25, 0.3) is 11.1 Å². The van der Waals surface area contributed by atoms with Crippen LogP contribution in [-0.4, -0.2) is 5.97 Å². The third-order valence-electron chi connectivity index (χ3n) is 5.55. The van der Waals surface area contributed by atoms with E-state index < -0.39 is 29.0 Å². The molecule has 4 rings (SSSR count). The van der Waals surface area contributed by atoms with Gasteiger partial charge in [-0.05, 0) is 58.9 Å². The zero-order chi connectivity index (χ0) is 24.2. The molecule has 0 saturated heterocycles. The van der Waals surface area contributed by atoms with Gasteiger partial charge in [-0.2, -0.15) is 0 Å². The second-order valence-corrected chi connectivity index (χ2v) is 8.40. The Hall–Kier alpha value is -3.57. The Bertz CT molecular complexity index is 1300. The van der Waals surface area contributed by atoms with Crippen LogP contribution >= 0.6 is 11.6 Å². The first-order chi connectivity index (χ1) is 16.3. The van der Waals surface area contributed by atoms with Crippen LogP contribution in [0.2, 0.25) is 5.02 Å². The van der Waals surface area contributed by atoms with Gasteiger partial charge >= 0.3 is 5.97 Å². The van der Waals surface area contributed by atoms with Crippen molar-refractivity contribution in [1.29, 1.82) is 0 Å². The highest BCUT2D eigenvalue weighted by molar-refractivity contribution is 6.30. The first-order valence-corrected chi connectivity index (χ1v) is 11.0. The molecule has 0 N–H and O–H groups in total. The van der Waals surface area contributed by atoms with Gasteiger partial charge in [0.15, 0.2) is 0 Å². The van der Waals surface area contributed by atoms with E-state index in [2.05, 4.69) is 19.1 Å². The zero-order valence-electron chi connectivity index (χ0n) is 18.2. The summed E-state index contributed by atoms with van der Waals surface area (Å²) in [6.07, 6.45) is 0.823. The van der Waals surface area contributed by atoms with Crippen LogP contribution in [0.5, 0.6) is 5.75 Å². The third-order valence-corrected chi connectivity index (χ3v) is 5.85. The maximum absolute atomic E-state index is 14.7. The molecule has 0 aromatic heterocycles. The molecule has 0 aliphatic rings. The van der Waals surface area contributed by atoms with Gasteiger partial charge in [0.05, 0.1) is 5.02 Å². The molecule has 0 saturated carbocycles. The fourth-order valence-electron chi connectivity index (χ4n) is 3.72. The Morgan fingerprint density at radius 1 is 0.824 bits per heavy atom. The van der Waals surface area contributed by atoms with Crippen LogP contribution < -0.4 is 4.74 Å². The number of esters is 1. The van der Waals surface area contributed by atoms with Crippen LogP contribution in [0.15, 0.2) is 84.9 Å². The van der Waals surface area contributed by atoms with Gasteiger partial charge in [0.25, 0.3) is 0 Å². The number of carbonyl (C=O) groups is 1. The molecule has 0 fully saturated rings. The van der Waals surface area contributed by atoms with Crippen LogP contribution in [0.4, 0.5) is 13.2 Å². The summed E-state index contributed by atoms with van der Waals surface area (Å²) in [6.45, 7) is 2.14. The predicted octanol–water partition coefficient (Wildman–Crippen LogP) is 7.99. The van der Waals surface area contributed by atoms with Gasteiger partial charge in [-0.15, -0.1) is 0 Å². The standard InChI is InChI=1S/C28H20ClF3O2/c1-17(19-5-3-2-4-6-19)13-18-7-9-20(10-8-18)21-14-25(31)27(26(32)15-21)28(33)34-22-11-12-23(29)24(30)16-22/h2-12,14-17H,13H2,1H3. The van der Waals surface area contributed by atoms with E-state index in [0.717, 1.165) is 30.2 Å². The Kier molecular flexibility index (Phi) is 7.03. The monoisotopic (exact) mass is 480 g/mol. The van der Waals surface area contributed by atoms with Crippen LogP contribution in [-0.2, 0) is 6.42 Å². The first kappa shape index (κ1) is 23.6. The normalized spacial score (nSPS) is 11.8. The minimum atomic E-state index is -1.27. The molecular weight excluding hydrogens is 461 g/mol. The van der Waals surface area contributed by atoms with Crippen molar-refractivity contribution in [2.24, 2.45) is 0 Å². The largest absolute Gasteiger partial charge is 0.423 e. The van der Waals surface area contributed by atoms with Crippen molar-refractivity contribution < 1.29 is 22.7 Å². The van der Waals surface area contributed by atoms with Crippen molar-refractivity contribution in [2.75, 3.05) is 0 Å². The molecule has 0 amide bonds. The number of ether oxygens (including phenoxy) is 1. The summed E-state index contributed by atoms with van der Waals surface area (Å²) in [6, 6.07) is 23.0. The van der Waals surface area contributed by atoms with E-state index in [1.165, 1.54) is 17.7 Å². The fraction of sp³-hybridized carbons (Fsp3) is 0.107. The quantitative estimate of drug-likeness (QED) is 0.206. The number of rotatable bonds is 6.